The maximum absolute atomic E-state index is 12.8. The van der Waals surface area contributed by atoms with Crippen molar-refractivity contribution in [1.82, 2.24) is 9.88 Å². The smallest absolute Gasteiger partial charge is 0.255 e. The summed E-state index contributed by atoms with van der Waals surface area (Å²) in [5.41, 5.74) is 5.93. The highest BCUT2D eigenvalue weighted by Gasteiger charge is 2.18. The number of halogens is 1. The lowest BCUT2D eigenvalue weighted by Gasteiger charge is -2.23. The van der Waals surface area contributed by atoms with Gasteiger partial charge in [-0.2, -0.15) is 0 Å². The molecule has 0 bridgehead atoms. The van der Waals surface area contributed by atoms with Crippen molar-refractivity contribution in [3.63, 3.8) is 0 Å². The number of nitrogens with zero attached hydrogens (tertiary/aromatic N) is 1. The van der Waals surface area contributed by atoms with Crippen LogP contribution in [-0.2, 0) is 13.0 Å². The predicted octanol–water partition coefficient (Wildman–Crippen LogP) is 4.12. The Bertz CT molecular complexity index is 1070. The van der Waals surface area contributed by atoms with E-state index in [1.807, 2.05) is 49.4 Å². The second kappa shape index (κ2) is 7.22. The molecule has 0 saturated heterocycles. The largest absolute Gasteiger partial charge is 0.495 e. The first-order valence-corrected chi connectivity index (χ1v) is 9.36. The highest BCUT2D eigenvalue weighted by atomic mass is 35.5. The maximum atomic E-state index is 12.8. The first-order chi connectivity index (χ1) is 13.1. The van der Waals surface area contributed by atoms with Gasteiger partial charge >= 0.3 is 0 Å². The van der Waals surface area contributed by atoms with Gasteiger partial charge in [0.1, 0.15) is 5.75 Å². The summed E-state index contributed by atoms with van der Waals surface area (Å²) in [5.74, 6) is 0.672. The molecule has 0 spiro atoms. The Morgan fingerprint density at radius 2 is 1.85 bits per heavy atom. The van der Waals surface area contributed by atoms with E-state index >= 15 is 0 Å². The molecule has 1 aliphatic rings. The summed E-state index contributed by atoms with van der Waals surface area (Å²) in [6.45, 7) is 3.60. The Labute approximate surface area is 163 Å². The molecule has 138 valence electrons. The van der Waals surface area contributed by atoms with Crippen molar-refractivity contribution in [2.75, 3.05) is 13.7 Å². The van der Waals surface area contributed by atoms with Gasteiger partial charge in [0.2, 0.25) is 0 Å². The Balaban J connectivity index is 1.93. The Morgan fingerprint density at radius 3 is 2.63 bits per heavy atom. The molecule has 0 atom stereocenters. The molecule has 0 aliphatic carbocycles. The van der Waals surface area contributed by atoms with Crippen molar-refractivity contribution < 1.29 is 4.74 Å². The predicted molar refractivity (Wildman–Crippen MR) is 109 cm³/mol. The normalized spacial score (nSPS) is 13.3. The van der Waals surface area contributed by atoms with E-state index in [1.165, 1.54) is 0 Å². The molecule has 1 N–H and O–H groups in total. The number of fused-ring (bicyclic) bond motifs is 1. The molecule has 0 radical (unpaired) electrons. The second-order valence-electron chi connectivity index (χ2n) is 6.76. The fraction of sp³-hybridized carbons (Fsp3) is 0.227. The lowest BCUT2D eigenvalue weighted by molar-refractivity contribution is 0.412. The van der Waals surface area contributed by atoms with E-state index in [1.54, 1.807) is 17.7 Å². The first kappa shape index (κ1) is 17.8. The Morgan fingerprint density at radius 1 is 1.07 bits per heavy atom. The van der Waals surface area contributed by atoms with Gasteiger partial charge in [-0.15, -0.1) is 0 Å². The van der Waals surface area contributed by atoms with Crippen molar-refractivity contribution in [2.24, 2.45) is 0 Å². The summed E-state index contributed by atoms with van der Waals surface area (Å²) in [6.07, 6.45) is 0.801. The standard InChI is InChI=1S/C22H21ClN2O2/c1-14-3-4-15(11-18(14)23)16-5-7-21(27-2)20(12-16)25-19-9-10-24-13-17(19)6-8-22(25)26/h3-8,11-12,24H,9-10,13H2,1-2H3. The van der Waals surface area contributed by atoms with Crippen LogP contribution in [0.3, 0.4) is 0 Å². The number of pyridine rings is 1. The third kappa shape index (κ3) is 3.27. The van der Waals surface area contributed by atoms with Crippen molar-refractivity contribution >= 4 is 11.6 Å². The molecule has 5 heteroatoms. The zero-order chi connectivity index (χ0) is 19.0. The molecule has 1 aliphatic heterocycles. The lowest BCUT2D eigenvalue weighted by atomic mass is 10.0. The average molecular weight is 381 g/mol. The summed E-state index contributed by atoms with van der Waals surface area (Å²) in [5, 5.41) is 4.08. The van der Waals surface area contributed by atoms with Crippen molar-refractivity contribution in [3.05, 3.63) is 80.7 Å². The first-order valence-electron chi connectivity index (χ1n) is 8.98. The number of methoxy groups -OCH3 is 1. The number of rotatable bonds is 3. The van der Waals surface area contributed by atoms with Crippen LogP contribution >= 0.6 is 11.6 Å². The molecule has 0 saturated carbocycles. The van der Waals surface area contributed by atoms with Gasteiger partial charge in [-0.05, 0) is 47.4 Å². The van der Waals surface area contributed by atoms with Gasteiger partial charge < -0.3 is 10.1 Å². The van der Waals surface area contributed by atoms with E-state index in [-0.39, 0.29) is 5.56 Å². The van der Waals surface area contributed by atoms with E-state index in [4.69, 9.17) is 16.3 Å². The Kier molecular flexibility index (Phi) is 4.77. The summed E-state index contributed by atoms with van der Waals surface area (Å²) in [7, 11) is 1.63. The number of aromatic nitrogens is 1. The number of hydrogen-bond acceptors (Lipinski definition) is 3. The molecule has 2 aromatic carbocycles. The third-order valence-corrected chi connectivity index (χ3v) is 5.47. The van der Waals surface area contributed by atoms with Gasteiger partial charge in [-0.25, -0.2) is 0 Å². The van der Waals surface area contributed by atoms with E-state index in [0.717, 1.165) is 58.2 Å². The van der Waals surface area contributed by atoms with Crippen LogP contribution in [0.1, 0.15) is 16.8 Å². The molecule has 2 heterocycles. The van der Waals surface area contributed by atoms with Crippen molar-refractivity contribution in [3.8, 4) is 22.6 Å². The van der Waals surface area contributed by atoms with E-state index in [9.17, 15) is 4.79 Å². The van der Waals surface area contributed by atoms with Crippen LogP contribution in [0.15, 0.2) is 53.3 Å². The van der Waals surface area contributed by atoms with Crippen LogP contribution in [-0.4, -0.2) is 18.2 Å². The van der Waals surface area contributed by atoms with Crippen molar-refractivity contribution in [2.45, 2.75) is 19.9 Å². The van der Waals surface area contributed by atoms with Crippen LogP contribution in [0.5, 0.6) is 5.75 Å². The number of benzene rings is 2. The molecule has 4 rings (SSSR count). The van der Waals surface area contributed by atoms with Crippen LogP contribution in [0.4, 0.5) is 0 Å². The topological polar surface area (TPSA) is 43.3 Å². The van der Waals surface area contributed by atoms with E-state index in [2.05, 4.69) is 5.32 Å². The lowest BCUT2D eigenvalue weighted by Crippen LogP contribution is -2.31. The molecule has 0 unspecified atom stereocenters. The van der Waals surface area contributed by atoms with Gasteiger partial charge in [0, 0.05) is 36.3 Å². The zero-order valence-electron chi connectivity index (χ0n) is 15.4. The van der Waals surface area contributed by atoms with Gasteiger partial charge in [0.25, 0.3) is 5.56 Å². The minimum atomic E-state index is -0.0481. The minimum absolute atomic E-state index is 0.0481. The highest BCUT2D eigenvalue weighted by molar-refractivity contribution is 6.31. The quantitative estimate of drug-likeness (QED) is 0.743. The fourth-order valence-electron chi connectivity index (χ4n) is 3.56. The number of aryl methyl sites for hydroxylation is 1. The van der Waals surface area contributed by atoms with Gasteiger partial charge in [0.15, 0.2) is 0 Å². The van der Waals surface area contributed by atoms with Crippen LogP contribution in [0.2, 0.25) is 5.02 Å². The van der Waals surface area contributed by atoms with Crippen molar-refractivity contribution in [1.29, 1.82) is 0 Å². The molecule has 4 nitrogen and oxygen atoms in total. The van der Waals surface area contributed by atoms with Gasteiger partial charge in [0.05, 0.1) is 12.8 Å². The van der Waals surface area contributed by atoms with Gasteiger partial charge in [-0.3, -0.25) is 9.36 Å². The van der Waals surface area contributed by atoms with E-state index in [0.29, 0.717) is 5.75 Å². The monoisotopic (exact) mass is 380 g/mol. The van der Waals surface area contributed by atoms with Crippen LogP contribution in [0.25, 0.3) is 16.8 Å². The number of hydrogen-bond donors (Lipinski definition) is 1. The van der Waals surface area contributed by atoms with Crippen LogP contribution in [0, 0.1) is 6.92 Å². The Hall–Kier alpha value is -2.56. The molecule has 3 aromatic rings. The molecule has 1 aromatic heterocycles. The summed E-state index contributed by atoms with van der Waals surface area (Å²) in [6, 6.07) is 15.4. The maximum Gasteiger partial charge on any atom is 0.255 e. The third-order valence-electron chi connectivity index (χ3n) is 5.07. The van der Waals surface area contributed by atoms with Gasteiger partial charge in [-0.1, -0.05) is 35.9 Å². The molecular formula is C22H21ClN2O2. The zero-order valence-corrected chi connectivity index (χ0v) is 16.1. The molecule has 0 amide bonds. The minimum Gasteiger partial charge on any atom is -0.495 e. The highest BCUT2D eigenvalue weighted by Crippen LogP contribution is 2.32. The number of ether oxygens (including phenoxy) is 1. The average Bonchev–Trinajstić information content (AvgIpc) is 2.69. The summed E-state index contributed by atoms with van der Waals surface area (Å²) in [4.78, 5) is 12.8. The number of nitrogens with one attached hydrogen (secondary N) is 1. The fourth-order valence-corrected chi connectivity index (χ4v) is 3.74. The summed E-state index contributed by atoms with van der Waals surface area (Å²) < 4.78 is 7.36. The molecular weight excluding hydrogens is 360 g/mol. The second-order valence-corrected chi connectivity index (χ2v) is 7.16. The molecule has 0 fully saturated rings. The van der Waals surface area contributed by atoms with Crippen LogP contribution < -0.4 is 15.6 Å². The summed E-state index contributed by atoms with van der Waals surface area (Å²) >= 11 is 6.31. The van der Waals surface area contributed by atoms with E-state index < -0.39 is 0 Å². The molecule has 27 heavy (non-hydrogen) atoms. The SMILES string of the molecule is COc1ccc(-c2ccc(C)c(Cl)c2)cc1-n1c2c(ccc1=O)CNCC2.